The Morgan fingerprint density at radius 1 is 0.967 bits per heavy atom. The fourth-order valence-corrected chi connectivity index (χ4v) is 6.25. The summed E-state index contributed by atoms with van der Waals surface area (Å²) in [5.41, 5.74) is 1.75. The molecule has 30 heavy (non-hydrogen) atoms. The maximum Gasteiger partial charge on any atom is 0.252 e. The number of methoxy groups -OCH3 is 1. The molecule has 1 aliphatic rings. The molecule has 1 aromatic carbocycles. The summed E-state index contributed by atoms with van der Waals surface area (Å²) in [7, 11) is -1.79. The number of nitrogens with zero attached hydrogens (tertiary/aromatic N) is 4. The quantitative estimate of drug-likeness (QED) is 0.581. The zero-order valence-electron chi connectivity index (χ0n) is 17.0. The normalized spacial score (nSPS) is 15.3. The van der Waals surface area contributed by atoms with Gasteiger partial charge in [0.25, 0.3) is 10.0 Å². The number of piperazine rings is 1. The molecule has 1 fully saturated rings. The minimum absolute atomic E-state index is 0.427. The zero-order chi connectivity index (χ0) is 21.1. The van der Waals surface area contributed by atoms with Crippen LogP contribution in [0.15, 0.2) is 52.7 Å². The van der Waals surface area contributed by atoms with Gasteiger partial charge in [-0.25, -0.2) is 8.42 Å². The van der Waals surface area contributed by atoms with E-state index in [1.54, 1.807) is 17.5 Å². The van der Waals surface area contributed by atoms with E-state index in [1.165, 1.54) is 11.3 Å². The molecule has 0 atom stereocenters. The smallest absolute Gasteiger partial charge is 0.252 e. The molecule has 0 aliphatic carbocycles. The Morgan fingerprint density at radius 2 is 1.70 bits per heavy atom. The van der Waals surface area contributed by atoms with Crippen molar-refractivity contribution >= 4 is 27.2 Å². The Hall–Kier alpha value is -2.49. The van der Waals surface area contributed by atoms with Crippen molar-refractivity contribution in [2.75, 3.05) is 38.2 Å². The molecule has 0 spiro atoms. The molecular weight excluding hydrogens is 420 g/mol. The van der Waals surface area contributed by atoms with Gasteiger partial charge < -0.3 is 9.64 Å². The Balaban J connectivity index is 1.41. The van der Waals surface area contributed by atoms with E-state index < -0.39 is 10.0 Å². The fourth-order valence-electron chi connectivity index (χ4n) is 3.38. The van der Waals surface area contributed by atoms with Crippen molar-refractivity contribution in [3.63, 3.8) is 0 Å². The first-order valence-electron chi connectivity index (χ1n) is 9.83. The Kier molecular flexibility index (Phi) is 6.03. The summed E-state index contributed by atoms with van der Waals surface area (Å²) >= 11 is 1.36. The van der Waals surface area contributed by atoms with Gasteiger partial charge in [-0.15, -0.1) is 21.5 Å². The van der Waals surface area contributed by atoms with Crippen LogP contribution >= 0.6 is 11.3 Å². The molecule has 0 amide bonds. The van der Waals surface area contributed by atoms with Gasteiger partial charge in [-0.2, -0.15) is 4.31 Å². The van der Waals surface area contributed by atoms with Crippen LogP contribution in [0.4, 0.5) is 5.82 Å². The number of aryl methyl sites for hydroxylation is 1. The highest BCUT2D eigenvalue weighted by Gasteiger charge is 2.30. The minimum Gasteiger partial charge on any atom is -0.497 e. The predicted octanol–water partition coefficient (Wildman–Crippen LogP) is 3.29. The monoisotopic (exact) mass is 444 g/mol. The first-order chi connectivity index (χ1) is 14.5. The summed E-state index contributed by atoms with van der Waals surface area (Å²) < 4.78 is 32.9. The number of aromatic nitrogens is 2. The van der Waals surface area contributed by atoms with Gasteiger partial charge in [0, 0.05) is 36.6 Å². The van der Waals surface area contributed by atoms with Crippen molar-refractivity contribution in [2.45, 2.75) is 17.6 Å². The average Bonchev–Trinajstić information content (AvgIpc) is 3.30. The van der Waals surface area contributed by atoms with E-state index in [9.17, 15) is 8.42 Å². The number of anilines is 1. The molecule has 3 heterocycles. The zero-order valence-corrected chi connectivity index (χ0v) is 18.6. The van der Waals surface area contributed by atoms with Gasteiger partial charge >= 0.3 is 0 Å². The molecule has 1 aliphatic heterocycles. The molecule has 0 unspecified atom stereocenters. The van der Waals surface area contributed by atoms with Gasteiger partial charge in [0.1, 0.15) is 9.96 Å². The van der Waals surface area contributed by atoms with Gasteiger partial charge in [0.05, 0.1) is 12.8 Å². The molecule has 4 rings (SSSR count). The summed E-state index contributed by atoms with van der Waals surface area (Å²) in [6.07, 6.45) is 0.846. The van der Waals surface area contributed by atoms with E-state index in [-0.39, 0.29) is 0 Å². The fraction of sp³-hybridized carbons (Fsp3) is 0.333. The summed E-state index contributed by atoms with van der Waals surface area (Å²) in [6, 6.07) is 15.2. The largest absolute Gasteiger partial charge is 0.497 e. The van der Waals surface area contributed by atoms with E-state index in [4.69, 9.17) is 4.74 Å². The maximum atomic E-state index is 12.9. The van der Waals surface area contributed by atoms with Crippen LogP contribution in [-0.2, 0) is 16.4 Å². The number of thiophene rings is 1. The molecule has 7 nitrogen and oxygen atoms in total. The topological polar surface area (TPSA) is 75.6 Å². The van der Waals surface area contributed by atoms with Crippen LogP contribution in [0.5, 0.6) is 5.75 Å². The predicted molar refractivity (Wildman–Crippen MR) is 119 cm³/mol. The second kappa shape index (κ2) is 8.71. The molecular formula is C21H24N4O3S2. The lowest BCUT2D eigenvalue weighted by Crippen LogP contribution is -2.48. The molecule has 2 aromatic heterocycles. The number of rotatable bonds is 6. The van der Waals surface area contributed by atoms with Crippen molar-refractivity contribution in [1.29, 1.82) is 0 Å². The number of sulfonamides is 1. The van der Waals surface area contributed by atoms with Gasteiger partial charge in [-0.3, -0.25) is 0 Å². The number of hydrogen-bond acceptors (Lipinski definition) is 7. The highest BCUT2D eigenvalue weighted by atomic mass is 32.2. The lowest BCUT2D eigenvalue weighted by atomic mass is 10.1. The minimum atomic E-state index is -3.43. The van der Waals surface area contributed by atoms with Gasteiger partial charge in [-0.05, 0) is 55.0 Å². The second-order valence-corrected chi connectivity index (χ2v) is 10.3. The van der Waals surface area contributed by atoms with Gasteiger partial charge in [-0.1, -0.05) is 6.92 Å². The van der Waals surface area contributed by atoms with Crippen molar-refractivity contribution in [3.8, 4) is 17.0 Å². The first-order valence-corrected chi connectivity index (χ1v) is 12.1. The lowest BCUT2D eigenvalue weighted by Gasteiger charge is -2.34. The Labute approximate surface area is 181 Å². The third-order valence-electron chi connectivity index (χ3n) is 5.18. The van der Waals surface area contributed by atoms with E-state index in [2.05, 4.69) is 15.1 Å². The van der Waals surface area contributed by atoms with E-state index >= 15 is 0 Å². The lowest BCUT2D eigenvalue weighted by molar-refractivity contribution is 0.384. The summed E-state index contributed by atoms with van der Waals surface area (Å²) in [6.45, 7) is 4.07. The number of benzene rings is 1. The van der Waals surface area contributed by atoms with Gasteiger partial charge in [0.2, 0.25) is 0 Å². The van der Waals surface area contributed by atoms with Crippen molar-refractivity contribution < 1.29 is 13.2 Å². The van der Waals surface area contributed by atoms with E-state index in [0.29, 0.717) is 30.4 Å². The molecule has 9 heteroatoms. The third-order valence-corrected chi connectivity index (χ3v) is 8.77. The van der Waals surface area contributed by atoms with Crippen molar-refractivity contribution in [1.82, 2.24) is 14.5 Å². The number of ether oxygens (including phenoxy) is 1. The Morgan fingerprint density at radius 3 is 2.27 bits per heavy atom. The van der Waals surface area contributed by atoms with Crippen LogP contribution in [-0.4, -0.2) is 56.2 Å². The third kappa shape index (κ3) is 4.19. The molecule has 0 saturated carbocycles. The summed E-state index contributed by atoms with van der Waals surface area (Å²) in [5, 5.41) is 8.70. The van der Waals surface area contributed by atoms with Crippen LogP contribution in [0.3, 0.4) is 0 Å². The highest BCUT2D eigenvalue weighted by Crippen LogP contribution is 2.27. The highest BCUT2D eigenvalue weighted by molar-refractivity contribution is 7.91. The van der Waals surface area contributed by atoms with Crippen molar-refractivity contribution in [3.05, 3.63) is 53.4 Å². The first kappa shape index (κ1) is 20.8. The molecule has 0 bridgehead atoms. The van der Waals surface area contributed by atoms with Gasteiger partial charge in [0.15, 0.2) is 5.82 Å². The van der Waals surface area contributed by atoms with Crippen LogP contribution in [0.1, 0.15) is 11.8 Å². The van der Waals surface area contributed by atoms with Crippen LogP contribution in [0.2, 0.25) is 0 Å². The van der Waals surface area contributed by atoms with Crippen LogP contribution in [0, 0.1) is 0 Å². The standard InChI is InChI=1S/C21H24N4O3S2/c1-3-18-8-11-21(29-18)30(26,27)25-14-12-24(13-15-25)20-10-9-19(22-23-20)16-4-6-17(28-2)7-5-16/h4-11H,3,12-15H2,1-2H3. The molecule has 158 valence electrons. The van der Waals surface area contributed by atoms with Crippen molar-refractivity contribution in [2.24, 2.45) is 0 Å². The molecule has 1 saturated heterocycles. The summed E-state index contributed by atoms with van der Waals surface area (Å²) in [4.78, 5) is 3.15. The SMILES string of the molecule is CCc1ccc(S(=O)(=O)N2CCN(c3ccc(-c4ccc(OC)cc4)nn3)CC2)s1. The second-order valence-electron chi connectivity index (χ2n) is 6.97. The molecule has 0 N–H and O–H groups in total. The van der Waals surface area contributed by atoms with Crippen LogP contribution in [0.25, 0.3) is 11.3 Å². The van der Waals surface area contributed by atoms with Crippen LogP contribution < -0.4 is 9.64 Å². The Bertz CT molecular complexity index is 1090. The number of hydrogen-bond donors (Lipinski definition) is 0. The summed E-state index contributed by atoms with van der Waals surface area (Å²) in [5.74, 6) is 1.55. The molecule has 0 radical (unpaired) electrons. The van der Waals surface area contributed by atoms with E-state index in [1.807, 2.05) is 49.4 Å². The average molecular weight is 445 g/mol. The molecule has 3 aromatic rings. The van der Waals surface area contributed by atoms with E-state index in [0.717, 1.165) is 34.1 Å². The maximum absolute atomic E-state index is 12.9.